The van der Waals surface area contributed by atoms with Gasteiger partial charge in [0.1, 0.15) is 16.8 Å². The normalized spacial score (nSPS) is 11.2. The van der Waals surface area contributed by atoms with Crippen molar-refractivity contribution in [3.8, 4) is 39.8 Å². The Morgan fingerprint density at radius 2 is 1.74 bits per heavy atom. The number of benzene rings is 2. The highest BCUT2D eigenvalue weighted by atomic mass is 16.5. The SMILES string of the molecule is COc1cccc(-c2nccc3[nH]c(-c4n[nH]c5ccc(-c6cncc(NC(=O)Cc7ccccc7)c6)nc45)nc23)c1. The van der Waals surface area contributed by atoms with E-state index in [9.17, 15) is 4.79 Å². The second-order valence-corrected chi connectivity index (χ2v) is 9.71. The van der Waals surface area contributed by atoms with E-state index >= 15 is 0 Å². The number of aromatic nitrogens is 7. The molecule has 0 bridgehead atoms. The number of aromatic amines is 2. The zero-order valence-electron chi connectivity index (χ0n) is 22.5. The lowest BCUT2D eigenvalue weighted by Crippen LogP contribution is -2.14. The van der Waals surface area contributed by atoms with Crippen molar-refractivity contribution in [3.63, 3.8) is 0 Å². The predicted octanol–water partition coefficient (Wildman–Crippen LogP) is 5.82. The average molecular weight is 553 g/mol. The van der Waals surface area contributed by atoms with Gasteiger partial charge in [-0.3, -0.25) is 19.9 Å². The van der Waals surface area contributed by atoms with E-state index in [-0.39, 0.29) is 12.3 Å². The lowest BCUT2D eigenvalue weighted by Gasteiger charge is -2.07. The molecule has 0 aliphatic carbocycles. The van der Waals surface area contributed by atoms with Gasteiger partial charge in [-0.25, -0.2) is 9.97 Å². The molecule has 10 heteroatoms. The molecule has 5 aromatic heterocycles. The molecule has 42 heavy (non-hydrogen) atoms. The molecule has 0 aliphatic heterocycles. The van der Waals surface area contributed by atoms with E-state index in [1.165, 1.54) is 0 Å². The highest BCUT2D eigenvalue weighted by molar-refractivity contribution is 5.95. The minimum absolute atomic E-state index is 0.117. The zero-order valence-corrected chi connectivity index (χ0v) is 22.5. The molecule has 10 nitrogen and oxygen atoms in total. The molecule has 1 amide bonds. The molecule has 0 spiro atoms. The number of amides is 1. The first-order valence-electron chi connectivity index (χ1n) is 13.3. The molecule has 0 aliphatic rings. The number of carbonyl (C=O) groups is 1. The number of rotatable bonds is 7. The molecule has 0 saturated carbocycles. The van der Waals surface area contributed by atoms with Crippen LogP contribution < -0.4 is 10.1 Å². The fraction of sp³-hybridized carbons (Fsp3) is 0.0625. The lowest BCUT2D eigenvalue weighted by atomic mass is 10.1. The largest absolute Gasteiger partial charge is 0.497 e. The quantitative estimate of drug-likeness (QED) is 0.227. The van der Waals surface area contributed by atoms with E-state index in [4.69, 9.17) is 14.7 Å². The first kappa shape index (κ1) is 25.1. The third-order valence-electron chi connectivity index (χ3n) is 6.90. The number of carbonyl (C=O) groups excluding carboxylic acids is 1. The summed E-state index contributed by atoms with van der Waals surface area (Å²) in [6.45, 7) is 0. The fourth-order valence-corrected chi connectivity index (χ4v) is 4.89. The highest BCUT2D eigenvalue weighted by Gasteiger charge is 2.18. The number of ether oxygens (including phenoxy) is 1. The zero-order chi connectivity index (χ0) is 28.5. The van der Waals surface area contributed by atoms with Crippen LogP contribution in [0.25, 0.3) is 56.1 Å². The number of hydrogen-bond acceptors (Lipinski definition) is 7. The van der Waals surface area contributed by atoms with Crippen LogP contribution in [0.2, 0.25) is 0 Å². The second-order valence-electron chi connectivity index (χ2n) is 9.71. The molecule has 0 atom stereocenters. The van der Waals surface area contributed by atoms with Gasteiger partial charge in [0.05, 0.1) is 47.8 Å². The Bertz CT molecular complexity index is 2070. The van der Waals surface area contributed by atoms with Crippen molar-refractivity contribution >= 4 is 33.7 Å². The van der Waals surface area contributed by atoms with E-state index in [1.54, 1.807) is 25.7 Å². The molecule has 0 saturated heterocycles. The van der Waals surface area contributed by atoms with Crippen LogP contribution in [-0.4, -0.2) is 48.1 Å². The summed E-state index contributed by atoms with van der Waals surface area (Å²) in [7, 11) is 1.64. The van der Waals surface area contributed by atoms with Crippen LogP contribution >= 0.6 is 0 Å². The number of hydrogen-bond donors (Lipinski definition) is 3. The summed E-state index contributed by atoms with van der Waals surface area (Å²) in [5, 5.41) is 10.5. The van der Waals surface area contributed by atoms with E-state index in [0.29, 0.717) is 28.4 Å². The number of methoxy groups -OCH3 is 1. The topological polar surface area (TPSA) is 134 Å². The monoisotopic (exact) mass is 552 g/mol. The van der Waals surface area contributed by atoms with E-state index in [0.717, 1.165) is 44.7 Å². The van der Waals surface area contributed by atoms with Gasteiger partial charge in [0, 0.05) is 23.5 Å². The number of H-pyrrole nitrogens is 2. The number of nitrogens with one attached hydrogen (secondary N) is 3. The van der Waals surface area contributed by atoms with Gasteiger partial charge in [-0.15, -0.1) is 0 Å². The van der Waals surface area contributed by atoms with E-state index in [2.05, 4.69) is 30.5 Å². The lowest BCUT2D eigenvalue weighted by molar-refractivity contribution is -0.115. The number of fused-ring (bicyclic) bond motifs is 2. The second kappa shape index (κ2) is 10.6. The molecular formula is C32H24N8O2. The summed E-state index contributed by atoms with van der Waals surface area (Å²) < 4.78 is 5.40. The van der Waals surface area contributed by atoms with Crippen molar-refractivity contribution in [1.29, 1.82) is 0 Å². The summed E-state index contributed by atoms with van der Waals surface area (Å²) in [5.41, 5.74) is 8.16. The van der Waals surface area contributed by atoms with Crippen LogP contribution in [0.15, 0.2) is 97.5 Å². The molecule has 7 aromatic rings. The smallest absolute Gasteiger partial charge is 0.228 e. The summed E-state index contributed by atoms with van der Waals surface area (Å²) in [6.07, 6.45) is 5.36. The van der Waals surface area contributed by atoms with Gasteiger partial charge in [0.15, 0.2) is 11.5 Å². The Morgan fingerprint density at radius 1 is 0.857 bits per heavy atom. The molecule has 204 valence electrons. The van der Waals surface area contributed by atoms with Crippen molar-refractivity contribution in [1.82, 2.24) is 35.1 Å². The van der Waals surface area contributed by atoms with Gasteiger partial charge in [0.25, 0.3) is 0 Å². The maximum atomic E-state index is 12.6. The van der Waals surface area contributed by atoms with Crippen LogP contribution in [0.3, 0.4) is 0 Å². The summed E-state index contributed by atoms with van der Waals surface area (Å²) in [5.74, 6) is 1.19. The Hall–Kier alpha value is -5.90. The predicted molar refractivity (Wildman–Crippen MR) is 161 cm³/mol. The molecule has 3 N–H and O–H groups in total. The van der Waals surface area contributed by atoms with Crippen LogP contribution in [0.4, 0.5) is 5.69 Å². The molecule has 7 rings (SSSR count). The maximum Gasteiger partial charge on any atom is 0.228 e. The molecule has 0 unspecified atom stereocenters. The first-order valence-corrected chi connectivity index (χ1v) is 13.3. The standard InChI is InChI=1S/C32H24N8O2/c1-42-23-9-5-8-20(16-23)28-29-25(12-13-34-28)37-32(38-29)31-30-26(39-40-31)11-10-24(36-30)21-15-22(18-33-17-21)35-27(41)14-19-6-3-2-4-7-19/h2-13,15-18H,14H2,1H3,(H,35,41)(H,37,38)(H,39,40). The molecule has 0 fully saturated rings. The minimum Gasteiger partial charge on any atom is -0.497 e. The minimum atomic E-state index is -0.117. The summed E-state index contributed by atoms with van der Waals surface area (Å²) in [4.78, 5) is 34.7. The third kappa shape index (κ3) is 4.81. The summed E-state index contributed by atoms with van der Waals surface area (Å²) in [6, 6.07) is 24.9. The average Bonchev–Trinajstić information content (AvgIpc) is 3.65. The molecule has 5 heterocycles. The van der Waals surface area contributed by atoms with Crippen molar-refractivity contribution in [2.24, 2.45) is 0 Å². The van der Waals surface area contributed by atoms with Crippen molar-refractivity contribution in [3.05, 3.63) is 103 Å². The summed E-state index contributed by atoms with van der Waals surface area (Å²) >= 11 is 0. The van der Waals surface area contributed by atoms with Crippen molar-refractivity contribution < 1.29 is 9.53 Å². The van der Waals surface area contributed by atoms with Crippen LogP contribution in [0, 0.1) is 0 Å². The third-order valence-corrected chi connectivity index (χ3v) is 6.90. The van der Waals surface area contributed by atoms with Gasteiger partial charge < -0.3 is 15.0 Å². The Morgan fingerprint density at radius 3 is 2.62 bits per heavy atom. The van der Waals surface area contributed by atoms with Gasteiger partial charge in [0.2, 0.25) is 5.91 Å². The van der Waals surface area contributed by atoms with Gasteiger partial charge in [-0.1, -0.05) is 42.5 Å². The first-order chi connectivity index (χ1) is 20.6. The molecule has 2 aromatic carbocycles. The van der Waals surface area contributed by atoms with Crippen LogP contribution in [0.1, 0.15) is 5.56 Å². The highest BCUT2D eigenvalue weighted by Crippen LogP contribution is 2.32. The van der Waals surface area contributed by atoms with Crippen molar-refractivity contribution in [2.75, 3.05) is 12.4 Å². The number of anilines is 1. The van der Waals surface area contributed by atoms with Gasteiger partial charge in [-0.05, 0) is 42.0 Å². The van der Waals surface area contributed by atoms with Crippen molar-refractivity contribution in [2.45, 2.75) is 6.42 Å². The van der Waals surface area contributed by atoms with Gasteiger partial charge in [-0.2, -0.15) is 5.10 Å². The van der Waals surface area contributed by atoms with E-state index in [1.807, 2.05) is 78.9 Å². The number of pyridine rings is 3. The molecular weight excluding hydrogens is 528 g/mol. The number of nitrogens with zero attached hydrogens (tertiary/aromatic N) is 5. The van der Waals surface area contributed by atoms with E-state index < -0.39 is 0 Å². The Kier molecular flexibility index (Phi) is 6.32. The fourth-order valence-electron chi connectivity index (χ4n) is 4.89. The molecule has 0 radical (unpaired) electrons. The Balaban J connectivity index is 1.21. The number of imidazole rings is 1. The van der Waals surface area contributed by atoms with Crippen LogP contribution in [-0.2, 0) is 11.2 Å². The van der Waals surface area contributed by atoms with Crippen LogP contribution in [0.5, 0.6) is 5.75 Å². The maximum absolute atomic E-state index is 12.6. The Labute approximate surface area is 239 Å². The van der Waals surface area contributed by atoms with Gasteiger partial charge >= 0.3 is 0 Å².